The van der Waals surface area contributed by atoms with Crippen molar-refractivity contribution in [1.29, 1.82) is 0 Å². The second kappa shape index (κ2) is 7.92. The van der Waals surface area contributed by atoms with Gasteiger partial charge in [0, 0.05) is 5.69 Å². The van der Waals surface area contributed by atoms with Gasteiger partial charge in [-0.15, -0.1) is 11.3 Å². The average molecular weight is 428 g/mol. The molecule has 0 radical (unpaired) electrons. The van der Waals surface area contributed by atoms with Crippen molar-refractivity contribution in [2.24, 2.45) is 0 Å². The first-order valence-electron chi connectivity index (χ1n) is 9.48. The van der Waals surface area contributed by atoms with Crippen LogP contribution in [0, 0.1) is 0 Å². The van der Waals surface area contributed by atoms with Crippen molar-refractivity contribution in [2.45, 2.75) is 0 Å². The summed E-state index contributed by atoms with van der Waals surface area (Å²) in [5.74, 6) is -0.0522. The van der Waals surface area contributed by atoms with Gasteiger partial charge in [0.1, 0.15) is 0 Å². The van der Waals surface area contributed by atoms with Crippen LogP contribution in [0.1, 0.15) is 20.2 Å². The summed E-state index contributed by atoms with van der Waals surface area (Å²) in [6, 6.07) is 24.0. The van der Waals surface area contributed by atoms with Gasteiger partial charge in [-0.3, -0.25) is 19.5 Å². The number of aromatic nitrogens is 2. The number of carbonyl (C=O) groups is 2. The van der Waals surface area contributed by atoms with E-state index in [-0.39, 0.29) is 17.6 Å². The quantitative estimate of drug-likeness (QED) is 0.403. The summed E-state index contributed by atoms with van der Waals surface area (Å²) in [4.78, 5) is 30.1. The molecule has 3 aromatic heterocycles. The fraction of sp³-hybridized carbons (Fsp3) is 0. The Labute approximate surface area is 181 Å². The molecule has 0 aliphatic heterocycles. The molecular formula is C23H16N4O3S. The number of amides is 2. The average Bonchev–Trinajstić information content (AvgIpc) is 3.54. The van der Waals surface area contributed by atoms with Crippen LogP contribution >= 0.6 is 11.3 Å². The van der Waals surface area contributed by atoms with E-state index in [1.54, 1.807) is 24.3 Å². The standard InChI is InChI=1S/C23H16N4O3S/c28-21(18-11-6-14-30-18)25-20-13-12-19(31-20)22(29)26-23-24-16-9-4-5-10-17(16)27(23)15-7-2-1-3-8-15/h1-14H,(H,25,28)(H,24,26,29). The number of benzene rings is 2. The molecule has 2 aromatic carbocycles. The van der Waals surface area contributed by atoms with Crippen LogP contribution in [0.5, 0.6) is 0 Å². The minimum absolute atomic E-state index is 0.205. The van der Waals surface area contributed by atoms with Crippen molar-refractivity contribution < 1.29 is 14.0 Å². The third-order valence-corrected chi connectivity index (χ3v) is 5.61. The van der Waals surface area contributed by atoms with E-state index in [4.69, 9.17) is 4.42 Å². The predicted octanol–water partition coefficient (Wildman–Crippen LogP) is 5.18. The Kier molecular flexibility index (Phi) is 4.81. The molecule has 0 fully saturated rings. The smallest absolute Gasteiger partial charge is 0.291 e. The number of nitrogens with one attached hydrogen (secondary N) is 2. The first kappa shape index (κ1) is 18.8. The van der Waals surface area contributed by atoms with Crippen LogP contribution in [0.25, 0.3) is 16.7 Å². The van der Waals surface area contributed by atoms with Crippen molar-refractivity contribution in [3.05, 3.63) is 95.8 Å². The van der Waals surface area contributed by atoms with Gasteiger partial charge in [0.2, 0.25) is 5.95 Å². The number of carbonyl (C=O) groups excluding carboxylic acids is 2. The molecule has 0 aliphatic carbocycles. The lowest BCUT2D eigenvalue weighted by Gasteiger charge is -2.09. The number of imidazole rings is 1. The van der Waals surface area contributed by atoms with E-state index in [1.807, 2.05) is 59.2 Å². The zero-order valence-electron chi connectivity index (χ0n) is 16.1. The number of nitrogens with zero attached hydrogens (tertiary/aromatic N) is 2. The number of rotatable bonds is 5. The lowest BCUT2D eigenvalue weighted by Crippen LogP contribution is -2.14. The summed E-state index contributed by atoms with van der Waals surface area (Å²) >= 11 is 1.17. The number of furan rings is 1. The van der Waals surface area contributed by atoms with E-state index >= 15 is 0 Å². The van der Waals surface area contributed by atoms with Crippen LogP contribution in [0.3, 0.4) is 0 Å². The van der Waals surface area contributed by atoms with Crippen molar-refractivity contribution in [1.82, 2.24) is 9.55 Å². The number of hydrogen-bond donors (Lipinski definition) is 2. The molecule has 152 valence electrons. The van der Waals surface area contributed by atoms with Gasteiger partial charge in [-0.25, -0.2) is 4.98 Å². The molecule has 8 heteroatoms. The Balaban J connectivity index is 1.41. The van der Waals surface area contributed by atoms with E-state index in [1.165, 1.54) is 17.6 Å². The predicted molar refractivity (Wildman–Crippen MR) is 120 cm³/mol. The Morgan fingerprint density at radius 2 is 1.65 bits per heavy atom. The van der Waals surface area contributed by atoms with Crippen molar-refractivity contribution in [3.63, 3.8) is 0 Å². The van der Waals surface area contributed by atoms with Crippen LogP contribution in [0.4, 0.5) is 10.9 Å². The lowest BCUT2D eigenvalue weighted by atomic mass is 10.3. The van der Waals surface area contributed by atoms with Crippen molar-refractivity contribution in [3.8, 4) is 5.69 Å². The minimum Gasteiger partial charge on any atom is -0.459 e. The molecular weight excluding hydrogens is 412 g/mol. The molecule has 5 aromatic rings. The second-order valence-corrected chi connectivity index (χ2v) is 7.73. The number of fused-ring (bicyclic) bond motifs is 1. The molecule has 0 unspecified atom stereocenters. The van der Waals surface area contributed by atoms with Gasteiger partial charge in [-0.2, -0.15) is 0 Å². The zero-order valence-corrected chi connectivity index (χ0v) is 16.9. The summed E-state index contributed by atoms with van der Waals surface area (Å²) in [5, 5.41) is 6.17. The Morgan fingerprint density at radius 3 is 2.45 bits per heavy atom. The Bertz CT molecular complexity index is 1370. The molecule has 0 aliphatic rings. The van der Waals surface area contributed by atoms with Crippen LogP contribution in [0.2, 0.25) is 0 Å². The monoisotopic (exact) mass is 428 g/mol. The maximum atomic E-state index is 12.9. The van der Waals surface area contributed by atoms with E-state index in [0.29, 0.717) is 15.8 Å². The molecule has 0 spiro atoms. The van der Waals surface area contributed by atoms with Gasteiger partial charge in [0.05, 0.1) is 27.2 Å². The first-order chi connectivity index (χ1) is 15.2. The maximum Gasteiger partial charge on any atom is 0.291 e. The molecule has 5 rings (SSSR count). The molecule has 0 atom stereocenters. The Morgan fingerprint density at radius 1 is 0.839 bits per heavy atom. The van der Waals surface area contributed by atoms with Crippen LogP contribution < -0.4 is 10.6 Å². The maximum absolute atomic E-state index is 12.9. The summed E-state index contributed by atoms with van der Waals surface area (Å²) < 4.78 is 6.99. The molecule has 0 saturated carbocycles. The third-order valence-electron chi connectivity index (χ3n) is 4.61. The van der Waals surface area contributed by atoms with Gasteiger partial charge in [-0.1, -0.05) is 30.3 Å². The largest absolute Gasteiger partial charge is 0.459 e. The highest BCUT2D eigenvalue weighted by Gasteiger charge is 2.18. The number of thiophene rings is 1. The van der Waals surface area contributed by atoms with Gasteiger partial charge in [0.25, 0.3) is 11.8 Å². The molecule has 2 amide bonds. The van der Waals surface area contributed by atoms with Crippen molar-refractivity contribution in [2.75, 3.05) is 10.6 Å². The molecule has 0 saturated heterocycles. The van der Waals surface area contributed by atoms with E-state index in [2.05, 4.69) is 15.6 Å². The van der Waals surface area contributed by atoms with Crippen LogP contribution in [-0.4, -0.2) is 21.4 Å². The molecule has 2 N–H and O–H groups in total. The van der Waals surface area contributed by atoms with E-state index < -0.39 is 0 Å². The molecule has 0 bridgehead atoms. The second-order valence-electron chi connectivity index (χ2n) is 6.64. The van der Waals surface area contributed by atoms with Gasteiger partial charge < -0.3 is 9.73 Å². The highest BCUT2D eigenvalue weighted by molar-refractivity contribution is 7.18. The number of para-hydroxylation sites is 3. The SMILES string of the molecule is O=C(Nc1ccc(C(=O)Nc2nc3ccccc3n2-c2ccccc2)s1)c1ccco1. The zero-order chi connectivity index (χ0) is 21.2. The van der Waals surface area contributed by atoms with Gasteiger partial charge in [-0.05, 0) is 48.5 Å². The highest BCUT2D eigenvalue weighted by atomic mass is 32.1. The molecule has 3 heterocycles. The fourth-order valence-corrected chi connectivity index (χ4v) is 4.02. The summed E-state index contributed by atoms with van der Waals surface area (Å²) in [6.45, 7) is 0. The van der Waals surface area contributed by atoms with Gasteiger partial charge >= 0.3 is 0 Å². The highest BCUT2D eigenvalue weighted by Crippen LogP contribution is 2.27. The topological polar surface area (TPSA) is 89.2 Å². The number of hydrogen-bond acceptors (Lipinski definition) is 5. The third kappa shape index (κ3) is 3.72. The Hall–Kier alpha value is -4.17. The van der Waals surface area contributed by atoms with E-state index in [9.17, 15) is 9.59 Å². The summed E-state index contributed by atoms with van der Waals surface area (Å²) in [7, 11) is 0. The summed E-state index contributed by atoms with van der Waals surface area (Å²) in [5.41, 5.74) is 2.56. The lowest BCUT2D eigenvalue weighted by molar-refractivity contribution is 0.0995. The normalized spacial score (nSPS) is 10.8. The number of anilines is 2. The molecule has 31 heavy (non-hydrogen) atoms. The van der Waals surface area contributed by atoms with Crippen LogP contribution in [-0.2, 0) is 0 Å². The van der Waals surface area contributed by atoms with Crippen LogP contribution in [0.15, 0.2) is 89.5 Å². The van der Waals surface area contributed by atoms with E-state index in [0.717, 1.165) is 16.7 Å². The van der Waals surface area contributed by atoms with Gasteiger partial charge in [0.15, 0.2) is 5.76 Å². The first-order valence-corrected chi connectivity index (χ1v) is 10.3. The minimum atomic E-state index is -0.371. The summed E-state index contributed by atoms with van der Waals surface area (Å²) in [6.07, 6.45) is 1.43. The van der Waals surface area contributed by atoms with Crippen molar-refractivity contribution >= 4 is 45.1 Å². The molecule has 7 nitrogen and oxygen atoms in total. The fourth-order valence-electron chi connectivity index (χ4n) is 3.22.